The number of hydrazine groups is 1. The van der Waals surface area contributed by atoms with Crippen LogP contribution in [-0.2, 0) is 6.54 Å². The van der Waals surface area contributed by atoms with E-state index < -0.39 is 0 Å². The van der Waals surface area contributed by atoms with Crippen LogP contribution in [0.2, 0.25) is 5.02 Å². The van der Waals surface area contributed by atoms with E-state index in [1.807, 2.05) is 31.3 Å². The predicted octanol–water partition coefficient (Wildman–Crippen LogP) is 1.56. The van der Waals surface area contributed by atoms with Crippen LogP contribution in [0.15, 0.2) is 24.3 Å². The zero-order valence-electron chi connectivity index (χ0n) is 6.39. The van der Waals surface area contributed by atoms with Crippen molar-refractivity contribution < 1.29 is 0 Å². The van der Waals surface area contributed by atoms with Crippen LogP contribution in [0.1, 0.15) is 5.56 Å². The molecule has 0 aromatic heterocycles. The topological polar surface area (TPSA) is 24.1 Å². The highest BCUT2D eigenvalue weighted by molar-refractivity contribution is 6.30. The second-order valence-corrected chi connectivity index (χ2v) is 2.67. The van der Waals surface area contributed by atoms with Crippen molar-refractivity contribution in [2.45, 2.75) is 6.54 Å². The summed E-state index contributed by atoms with van der Waals surface area (Å²) >= 11 is 5.71. The van der Waals surface area contributed by atoms with E-state index in [4.69, 9.17) is 11.6 Å². The van der Waals surface area contributed by atoms with Crippen LogP contribution < -0.4 is 10.9 Å². The first-order valence-corrected chi connectivity index (χ1v) is 3.85. The third kappa shape index (κ3) is 2.89. The molecule has 60 valence electrons. The highest BCUT2D eigenvalue weighted by Crippen LogP contribution is 2.08. The van der Waals surface area contributed by atoms with Gasteiger partial charge in [0.05, 0.1) is 0 Å². The Morgan fingerprint density at radius 2 is 1.91 bits per heavy atom. The van der Waals surface area contributed by atoms with Gasteiger partial charge in [0.2, 0.25) is 0 Å². The summed E-state index contributed by atoms with van der Waals surface area (Å²) in [6, 6.07) is 7.75. The van der Waals surface area contributed by atoms with E-state index in [0.29, 0.717) is 0 Å². The molecule has 0 saturated heterocycles. The highest BCUT2D eigenvalue weighted by atomic mass is 35.5. The predicted molar refractivity (Wildman–Crippen MR) is 47.4 cm³/mol. The molecule has 3 heteroatoms. The SMILES string of the molecule is CNNCc1ccc(Cl)cc1. The van der Waals surface area contributed by atoms with Gasteiger partial charge in [-0.25, -0.2) is 0 Å². The summed E-state index contributed by atoms with van der Waals surface area (Å²) in [7, 11) is 1.84. The molecule has 0 aliphatic heterocycles. The van der Waals surface area contributed by atoms with Crippen LogP contribution >= 0.6 is 11.6 Å². The summed E-state index contributed by atoms with van der Waals surface area (Å²) in [6.45, 7) is 0.813. The van der Waals surface area contributed by atoms with Gasteiger partial charge in [-0.15, -0.1) is 0 Å². The zero-order chi connectivity index (χ0) is 8.10. The monoisotopic (exact) mass is 170 g/mol. The van der Waals surface area contributed by atoms with Crippen molar-refractivity contribution in [2.75, 3.05) is 7.05 Å². The largest absolute Gasteiger partial charge is 0.261 e. The van der Waals surface area contributed by atoms with Gasteiger partial charge in [0, 0.05) is 11.6 Å². The Bertz CT molecular complexity index is 208. The standard InChI is InChI=1S/C8H11ClN2/c1-10-11-6-7-2-4-8(9)5-3-7/h2-5,10-11H,6H2,1H3. The first kappa shape index (κ1) is 8.53. The Balaban J connectivity index is 2.52. The van der Waals surface area contributed by atoms with E-state index in [1.54, 1.807) is 0 Å². The molecule has 1 aromatic rings. The van der Waals surface area contributed by atoms with Crippen LogP contribution in [0.5, 0.6) is 0 Å². The third-order valence-electron chi connectivity index (χ3n) is 1.38. The average molecular weight is 171 g/mol. The molecule has 0 aliphatic rings. The van der Waals surface area contributed by atoms with E-state index in [0.717, 1.165) is 11.6 Å². The van der Waals surface area contributed by atoms with Crippen LogP contribution in [0.3, 0.4) is 0 Å². The molecule has 2 nitrogen and oxygen atoms in total. The molecule has 0 saturated carbocycles. The van der Waals surface area contributed by atoms with Crippen molar-refractivity contribution in [1.29, 1.82) is 0 Å². The lowest BCUT2D eigenvalue weighted by Gasteiger charge is -2.01. The Labute approximate surface area is 71.5 Å². The fourth-order valence-electron chi connectivity index (χ4n) is 0.793. The summed E-state index contributed by atoms with van der Waals surface area (Å²) < 4.78 is 0. The maximum absolute atomic E-state index is 5.71. The minimum atomic E-state index is 0.776. The Hall–Kier alpha value is -0.570. The summed E-state index contributed by atoms with van der Waals surface area (Å²) in [5.74, 6) is 0. The van der Waals surface area contributed by atoms with Gasteiger partial charge in [0.15, 0.2) is 0 Å². The lowest BCUT2D eigenvalue weighted by molar-refractivity contribution is 0.596. The number of rotatable bonds is 3. The number of nitrogens with one attached hydrogen (secondary N) is 2. The second-order valence-electron chi connectivity index (χ2n) is 2.23. The minimum absolute atomic E-state index is 0.776. The molecule has 0 unspecified atom stereocenters. The van der Waals surface area contributed by atoms with Crippen molar-refractivity contribution in [3.8, 4) is 0 Å². The van der Waals surface area contributed by atoms with Gasteiger partial charge in [-0.3, -0.25) is 10.9 Å². The first-order valence-electron chi connectivity index (χ1n) is 3.47. The summed E-state index contributed by atoms with van der Waals surface area (Å²) in [6.07, 6.45) is 0. The van der Waals surface area contributed by atoms with Gasteiger partial charge in [-0.05, 0) is 24.7 Å². The fraction of sp³-hybridized carbons (Fsp3) is 0.250. The number of halogens is 1. The summed E-state index contributed by atoms with van der Waals surface area (Å²) in [5.41, 5.74) is 7.05. The molecule has 0 radical (unpaired) electrons. The zero-order valence-corrected chi connectivity index (χ0v) is 7.15. The molecular formula is C8H11ClN2. The maximum atomic E-state index is 5.71. The molecule has 0 spiro atoms. The number of hydrogen-bond donors (Lipinski definition) is 2. The summed E-state index contributed by atoms with van der Waals surface area (Å²) in [5, 5.41) is 0.776. The smallest absolute Gasteiger partial charge is 0.0406 e. The lowest BCUT2D eigenvalue weighted by Crippen LogP contribution is -2.26. The minimum Gasteiger partial charge on any atom is -0.261 e. The molecule has 11 heavy (non-hydrogen) atoms. The number of hydrogen-bond acceptors (Lipinski definition) is 2. The fourth-order valence-corrected chi connectivity index (χ4v) is 0.919. The maximum Gasteiger partial charge on any atom is 0.0406 e. The molecule has 0 fully saturated rings. The van der Waals surface area contributed by atoms with Crippen LogP contribution in [0.4, 0.5) is 0 Å². The average Bonchev–Trinajstić information content (AvgIpc) is 2.04. The van der Waals surface area contributed by atoms with Crippen molar-refractivity contribution >= 4 is 11.6 Å². The first-order chi connectivity index (χ1) is 5.33. The van der Waals surface area contributed by atoms with Crippen LogP contribution in [-0.4, -0.2) is 7.05 Å². The van der Waals surface area contributed by atoms with E-state index in [-0.39, 0.29) is 0 Å². The van der Waals surface area contributed by atoms with Crippen LogP contribution in [0.25, 0.3) is 0 Å². The van der Waals surface area contributed by atoms with E-state index in [9.17, 15) is 0 Å². The molecule has 0 bridgehead atoms. The normalized spacial score (nSPS) is 10.0. The van der Waals surface area contributed by atoms with Crippen LogP contribution in [0, 0.1) is 0 Å². The van der Waals surface area contributed by atoms with Crippen molar-refractivity contribution in [2.24, 2.45) is 0 Å². The van der Waals surface area contributed by atoms with Gasteiger partial charge in [-0.2, -0.15) is 0 Å². The Kier molecular flexibility index (Phi) is 3.36. The van der Waals surface area contributed by atoms with E-state index in [1.165, 1.54) is 5.56 Å². The second kappa shape index (κ2) is 4.34. The number of benzene rings is 1. The molecule has 1 aromatic carbocycles. The lowest BCUT2D eigenvalue weighted by atomic mass is 10.2. The van der Waals surface area contributed by atoms with Crippen molar-refractivity contribution in [3.05, 3.63) is 34.9 Å². The van der Waals surface area contributed by atoms with Gasteiger partial charge < -0.3 is 0 Å². The molecule has 1 rings (SSSR count). The van der Waals surface area contributed by atoms with E-state index in [2.05, 4.69) is 10.9 Å². The Morgan fingerprint density at radius 3 is 2.45 bits per heavy atom. The summed E-state index contributed by atoms with van der Waals surface area (Å²) in [4.78, 5) is 0. The molecule has 0 amide bonds. The molecule has 0 heterocycles. The molecule has 0 aliphatic carbocycles. The molecule has 2 N–H and O–H groups in total. The quantitative estimate of drug-likeness (QED) is 0.673. The van der Waals surface area contributed by atoms with Gasteiger partial charge in [-0.1, -0.05) is 23.7 Å². The third-order valence-corrected chi connectivity index (χ3v) is 1.63. The van der Waals surface area contributed by atoms with Crippen molar-refractivity contribution in [1.82, 2.24) is 10.9 Å². The van der Waals surface area contributed by atoms with Gasteiger partial charge in [0.1, 0.15) is 0 Å². The van der Waals surface area contributed by atoms with Gasteiger partial charge >= 0.3 is 0 Å². The van der Waals surface area contributed by atoms with E-state index >= 15 is 0 Å². The van der Waals surface area contributed by atoms with Crippen molar-refractivity contribution in [3.63, 3.8) is 0 Å². The highest BCUT2D eigenvalue weighted by Gasteiger charge is 1.89. The Morgan fingerprint density at radius 1 is 1.27 bits per heavy atom. The van der Waals surface area contributed by atoms with Gasteiger partial charge in [0.25, 0.3) is 0 Å². The molecule has 0 atom stereocenters. The molecular weight excluding hydrogens is 160 g/mol.